The Bertz CT molecular complexity index is 894. The highest BCUT2D eigenvalue weighted by molar-refractivity contribution is 5.93. The lowest BCUT2D eigenvalue weighted by molar-refractivity contribution is -0.114. The van der Waals surface area contributed by atoms with Crippen molar-refractivity contribution in [2.24, 2.45) is 17.3 Å². The predicted molar refractivity (Wildman–Crippen MR) is 117 cm³/mol. The van der Waals surface area contributed by atoms with Crippen molar-refractivity contribution < 1.29 is 9.90 Å². The van der Waals surface area contributed by atoms with Crippen molar-refractivity contribution in [2.75, 3.05) is 19.0 Å². The number of carbonyl (C=O) groups excluding carboxylic acids is 1. The maximum atomic E-state index is 12.1. The van der Waals surface area contributed by atoms with E-state index in [0.29, 0.717) is 30.0 Å². The van der Waals surface area contributed by atoms with Gasteiger partial charge in [-0.2, -0.15) is 0 Å². The number of ketones is 1. The van der Waals surface area contributed by atoms with Crippen LogP contribution in [0.5, 0.6) is 0 Å². The minimum atomic E-state index is -0.188. The Balaban J connectivity index is 1.64. The van der Waals surface area contributed by atoms with Crippen LogP contribution in [0, 0.1) is 17.3 Å². The van der Waals surface area contributed by atoms with Crippen LogP contribution >= 0.6 is 0 Å². The number of hydrogen-bond donors (Lipinski definition) is 1. The number of hydrogen-bond acceptors (Lipinski definition) is 3. The molecule has 2 saturated carbocycles. The van der Waals surface area contributed by atoms with Crippen LogP contribution in [0.1, 0.15) is 63.4 Å². The summed E-state index contributed by atoms with van der Waals surface area (Å²) in [5.74, 6) is 1.80. The smallest absolute Gasteiger partial charge is 0.156 e. The molecule has 0 heterocycles. The minimum Gasteiger partial charge on any atom is -0.393 e. The second kappa shape index (κ2) is 6.84. The fourth-order valence-corrected chi connectivity index (χ4v) is 6.94. The largest absolute Gasteiger partial charge is 0.393 e. The SMILES string of the molecule is CN(C)c1ccc(C2CC3(C)C(O)CCC3C3CCC4=CC(=O)CCC4=C23)cc1. The summed E-state index contributed by atoms with van der Waals surface area (Å²) in [5.41, 5.74) is 7.02. The molecule has 5 rings (SSSR count). The number of aliphatic hydroxyl groups excluding tert-OH is 1. The molecular weight excluding hydrogens is 358 g/mol. The van der Waals surface area contributed by atoms with Crippen molar-refractivity contribution in [1.82, 2.24) is 0 Å². The van der Waals surface area contributed by atoms with E-state index in [4.69, 9.17) is 0 Å². The summed E-state index contributed by atoms with van der Waals surface area (Å²) in [6, 6.07) is 9.03. The fourth-order valence-electron chi connectivity index (χ4n) is 6.94. The number of carbonyl (C=O) groups is 1. The predicted octanol–water partition coefficient (Wildman–Crippen LogP) is 5.01. The van der Waals surface area contributed by atoms with E-state index in [1.807, 2.05) is 6.08 Å². The molecule has 2 fully saturated rings. The highest BCUT2D eigenvalue weighted by Crippen LogP contribution is 2.63. The molecule has 3 heteroatoms. The Hall–Kier alpha value is -1.87. The second-order valence-corrected chi connectivity index (χ2v) is 10.2. The first-order valence-electron chi connectivity index (χ1n) is 11.3. The molecule has 29 heavy (non-hydrogen) atoms. The highest BCUT2D eigenvalue weighted by atomic mass is 16.3. The number of aliphatic hydroxyl groups is 1. The van der Waals surface area contributed by atoms with Crippen LogP contribution in [-0.4, -0.2) is 31.1 Å². The quantitative estimate of drug-likeness (QED) is 0.770. The Morgan fingerprint density at radius 2 is 1.79 bits per heavy atom. The van der Waals surface area contributed by atoms with Gasteiger partial charge in [-0.25, -0.2) is 0 Å². The van der Waals surface area contributed by atoms with Gasteiger partial charge in [-0.15, -0.1) is 0 Å². The van der Waals surface area contributed by atoms with Crippen molar-refractivity contribution in [2.45, 2.75) is 63.9 Å². The molecule has 0 aliphatic heterocycles. The average Bonchev–Trinajstić information content (AvgIpc) is 3.01. The van der Waals surface area contributed by atoms with Gasteiger partial charge in [0, 0.05) is 32.1 Å². The van der Waals surface area contributed by atoms with Gasteiger partial charge >= 0.3 is 0 Å². The van der Waals surface area contributed by atoms with E-state index in [1.165, 1.54) is 22.4 Å². The van der Waals surface area contributed by atoms with E-state index >= 15 is 0 Å². The molecule has 1 aromatic rings. The minimum absolute atomic E-state index is 0.00527. The number of fused-ring (bicyclic) bond motifs is 4. The van der Waals surface area contributed by atoms with E-state index in [0.717, 1.165) is 38.5 Å². The topological polar surface area (TPSA) is 40.5 Å². The summed E-state index contributed by atoms with van der Waals surface area (Å²) in [6.45, 7) is 2.34. The van der Waals surface area contributed by atoms with Crippen molar-refractivity contribution in [3.8, 4) is 0 Å². The average molecular weight is 392 g/mol. The van der Waals surface area contributed by atoms with Gasteiger partial charge < -0.3 is 10.0 Å². The third kappa shape index (κ3) is 2.92. The van der Waals surface area contributed by atoms with Crippen LogP contribution in [0.25, 0.3) is 0 Å². The molecule has 3 nitrogen and oxygen atoms in total. The molecule has 5 atom stereocenters. The van der Waals surface area contributed by atoms with Gasteiger partial charge in [0.05, 0.1) is 6.10 Å². The molecule has 5 unspecified atom stereocenters. The molecule has 0 saturated heterocycles. The summed E-state index contributed by atoms with van der Waals surface area (Å²) in [7, 11) is 4.15. The standard InChI is InChI=1S/C26H33NO2/c1-26-15-22(16-4-7-18(8-5-16)27(2)3)25-20-11-9-19(28)14-17(20)6-10-21(25)23(26)12-13-24(26)29/h4-5,7-8,14,21-24,29H,6,9-13,15H2,1-3H3. The molecule has 0 aromatic heterocycles. The lowest BCUT2D eigenvalue weighted by Crippen LogP contribution is -2.45. The van der Waals surface area contributed by atoms with Crippen LogP contribution in [0.15, 0.2) is 47.1 Å². The van der Waals surface area contributed by atoms with E-state index < -0.39 is 0 Å². The highest BCUT2D eigenvalue weighted by Gasteiger charge is 2.56. The first-order chi connectivity index (χ1) is 13.9. The van der Waals surface area contributed by atoms with Crippen LogP contribution in [0.4, 0.5) is 5.69 Å². The Morgan fingerprint density at radius 3 is 2.52 bits per heavy atom. The van der Waals surface area contributed by atoms with Gasteiger partial charge in [0.1, 0.15) is 0 Å². The first kappa shape index (κ1) is 19.1. The van der Waals surface area contributed by atoms with Gasteiger partial charge in [0.2, 0.25) is 0 Å². The Morgan fingerprint density at radius 1 is 1.03 bits per heavy atom. The van der Waals surface area contributed by atoms with Crippen molar-refractivity contribution in [3.63, 3.8) is 0 Å². The van der Waals surface area contributed by atoms with Gasteiger partial charge in [-0.05, 0) is 90.7 Å². The Labute approximate surface area is 174 Å². The first-order valence-corrected chi connectivity index (χ1v) is 11.3. The van der Waals surface area contributed by atoms with Crippen LogP contribution in [0.3, 0.4) is 0 Å². The number of nitrogens with zero attached hydrogens (tertiary/aromatic N) is 1. The summed E-state index contributed by atoms with van der Waals surface area (Å²) in [5, 5.41) is 10.9. The van der Waals surface area contributed by atoms with Crippen LogP contribution < -0.4 is 4.90 Å². The lowest BCUT2D eigenvalue weighted by Gasteiger charge is -2.52. The zero-order chi connectivity index (χ0) is 20.3. The second-order valence-electron chi connectivity index (χ2n) is 10.2. The molecule has 4 aliphatic carbocycles. The van der Waals surface area contributed by atoms with Crippen molar-refractivity contribution in [1.29, 1.82) is 0 Å². The monoisotopic (exact) mass is 391 g/mol. The molecule has 0 amide bonds. The lowest BCUT2D eigenvalue weighted by atomic mass is 9.53. The molecule has 0 radical (unpaired) electrons. The number of benzene rings is 1. The summed E-state index contributed by atoms with van der Waals surface area (Å²) in [4.78, 5) is 14.2. The zero-order valence-corrected chi connectivity index (χ0v) is 17.9. The van der Waals surface area contributed by atoms with Gasteiger partial charge in [-0.1, -0.05) is 24.6 Å². The van der Waals surface area contributed by atoms with Crippen LogP contribution in [-0.2, 0) is 4.79 Å². The van der Waals surface area contributed by atoms with Gasteiger partial charge in [0.25, 0.3) is 0 Å². The van der Waals surface area contributed by atoms with E-state index in [1.54, 1.807) is 5.57 Å². The fraction of sp³-hybridized carbons (Fsp3) is 0.577. The van der Waals surface area contributed by atoms with E-state index in [-0.39, 0.29) is 11.5 Å². The van der Waals surface area contributed by atoms with Crippen molar-refractivity contribution in [3.05, 3.63) is 52.6 Å². The summed E-state index contributed by atoms with van der Waals surface area (Å²) >= 11 is 0. The number of anilines is 1. The molecule has 0 spiro atoms. The maximum Gasteiger partial charge on any atom is 0.156 e. The summed E-state index contributed by atoms with van der Waals surface area (Å²) in [6.07, 6.45) is 8.59. The van der Waals surface area contributed by atoms with E-state index in [2.05, 4.69) is 50.2 Å². The van der Waals surface area contributed by atoms with Gasteiger partial charge in [-0.3, -0.25) is 4.79 Å². The maximum absolute atomic E-state index is 12.1. The molecular formula is C26H33NO2. The third-order valence-corrected chi connectivity index (χ3v) is 8.49. The van der Waals surface area contributed by atoms with Crippen LogP contribution in [0.2, 0.25) is 0 Å². The summed E-state index contributed by atoms with van der Waals surface area (Å²) < 4.78 is 0. The Kier molecular flexibility index (Phi) is 4.51. The molecule has 4 aliphatic rings. The molecule has 1 aromatic carbocycles. The normalized spacial score (nSPS) is 36.3. The number of rotatable bonds is 2. The van der Waals surface area contributed by atoms with E-state index in [9.17, 15) is 9.90 Å². The zero-order valence-electron chi connectivity index (χ0n) is 17.9. The van der Waals surface area contributed by atoms with Crippen molar-refractivity contribution >= 4 is 11.5 Å². The molecule has 1 N–H and O–H groups in total. The molecule has 154 valence electrons. The molecule has 0 bridgehead atoms. The van der Waals surface area contributed by atoms with Gasteiger partial charge in [0.15, 0.2) is 5.78 Å². The number of allylic oxidation sites excluding steroid dienone is 4. The third-order valence-electron chi connectivity index (χ3n) is 8.49.